The highest BCUT2D eigenvalue weighted by atomic mass is 16.4. The van der Waals surface area contributed by atoms with Gasteiger partial charge in [-0.1, -0.05) is 12.1 Å². The largest absolute Gasteiger partial charge is 0.508 e. The quantitative estimate of drug-likeness (QED) is 0.172. The van der Waals surface area contributed by atoms with Gasteiger partial charge in [0.2, 0.25) is 17.7 Å². The summed E-state index contributed by atoms with van der Waals surface area (Å²) in [7, 11) is 0. The van der Waals surface area contributed by atoms with Crippen molar-refractivity contribution in [3.63, 3.8) is 0 Å². The summed E-state index contributed by atoms with van der Waals surface area (Å²) in [5.41, 5.74) is 6.07. The molecule has 0 radical (unpaired) electrons. The van der Waals surface area contributed by atoms with E-state index in [0.29, 0.717) is 12.0 Å². The van der Waals surface area contributed by atoms with Gasteiger partial charge in [0.05, 0.1) is 6.61 Å². The van der Waals surface area contributed by atoms with Gasteiger partial charge in [0.15, 0.2) is 0 Å². The van der Waals surface area contributed by atoms with Crippen molar-refractivity contribution in [3.05, 3.63) is 29.8 Å². The van der Waals surface area contributed by atoms with Gasteiger partial charge >= 0.3 is 11.9 Å². The number of nitrogens with zero attached hydrogens (tertiary/aromatic N) is 1. The van der Waals surface area contributed by atoms with Crippen LogP contribution in [-0.2, 0) is 30.4 Å². The molecule has 13 nitrogen and oxygen atoms in total. The number of nitrogens with one attached hydrogen (secondary N) is 2. The molecule has 4 atom stereocenters. The van der Waals surface area contributed by atoms with Crippen LogP contribution in [0.25, 0.3) is 0 Å². The minimum Gasteiger partial charge on any atom is -0.508 e. The maximum Gasteiger partial charge on any atom is 0.326 e. The number of hydrogen-bond acceptors (Lipinski definition) is 8. The minimum absolute atomic E-state index is 0.0148. The topological polar surface area (TPSA) is 220 Å². The molecule has 1 aliphatic rings. The van der Waals surface area contributed by atoms with Crippen LogP contribution in [0.2, 0.25) is 0 Å². The van der Waals surface area contributed by atoms with Crippen molar-refractivity contribution >= 4 is 29.7 Å². The van der Waals surface area contributed by atoms with E-state index in [1.54, 1.807) is 0 Å². The van der Waals surface area contributed by atoms with E-state index < -0.39 is 66.9 Å². The molecule has 1 aromatic rings. The van der Waals surface area contributed by atoms with Crippen LogP contribution >= 0.6 is 0 Å². The standard InChI is InChI=1S/C22H30N4O9/c23-14(11-27)19(31)25-16(10-12-3-5-13(28)6-4-12)20(32)24-15(7-8-18(29)30)21(33)26-9-1-2-17(26)22(34)35/h3-6,14-17,27-28H,1-2,7-11,23H2,(H,24,32)(H,25,31)(H,29,30)(H,34,35). The monoisotopic (exact) mass is 494 g/mol. The molecule has 0 spiro atoms. The Morgan fingerprint density at radius 3 is 2.23 bits per heavy atom. The van der Waals surface area contributed by atoms with E-state index in [0.717, 1.165) is 4.90 Å². The zero-order valence-corrected chi connectivity index (χ0v) is 18.9. The lowest BCUT2D eigenvalue weighted by molar-refractivity contribution is -0.150. The normalized spacial score (nSPS) is 17.8. The van der Waals surface area contributed by atoms with Gasteiger partial charge < -0.3 is 41.7 Å². The first-order valence-electron chi connectivity index (χ1n) is 11.0. The van der Waals surface area contributed by atoms with E-state index in [1.165, 1.54) is 24.3 Å². The van der Waals surface area contributed by atoms with Crippen molar-refractivity contribution < 1.29 is 44.4 Å². The van der Waals surface area contributed by atoms with Crippen LogP contribution in [0.4, 0.5) is 0 Å². The van der Waals surface area contributed by atoms with Gasteiger partial charge in [-0.3, -0.25) is 19.2 Å². The molecular formula is C22H30N4O9. The third-order valence-corrected chi connectivity index (χ3v) is 5.63. The second kappa shape index (κ2) is 12.7. The van der Waals surface area contributed by atoms with Crippen LogP contribution in [0.3, 0.4) is 0 Å². The molecule has 1 fully saturated rings. The molecule has 192 valence electrons. The third-order valence-electron chi connectivity index (χ3n) is 5.63. The van der Waals surface area contributed by atoms with Gasteiger partial charge in [-0.15, -0.1) is 0 Å². The molecule has 1 aliphatic heterocycles. The zero-order chi connectivity index (χ0) is 26.1. The lowest BCUT2D eigenvalue weighted by atomic mass is 10.0. The van der Waals surface area contributed by atoms with Crippen molar-refractivity contribution in [3.8, 4) is 5.75 Å². The molecule has 1 saturated heterocycles. The summed E-state index contributed by atoms with van der Waals surface area (Å²) in [5.74, 6) is -4.81. The SMILES string of the molecule is NC(CO)C(=O)NC(Cc1ccc(O)cc1)C(=O)NC(CCC(=O)O)C(=O)N1CCCC1C(=O)O. The molecule has 0 aromatic heterocycles. The summed E-state index contributed by atoms with van der Waals surface area (Å²) in [6, 6.07) is 0.791. The van der Waals surface area contributed by atoms with E-state index in [2.05, 4.69) is 10.6 Å². The number of likely N-dealkylation sites (tertiary alicyclic amines) is 1. The Balaban J connectivity index is 2.25. The molecule has 2 rings (SSSR count). The summed E-state index contributed by atoms with van der Waals surface area (Å²) in [6.45, 7) is -0.529. The highest BCUT2D eigenvalue weighted by Crippen LogP contribution is 2.20. The molecule has 1 aromatic carbocycles. The third kappa shape index (κ3) is 7.93. The van der Waals surface area contributed by atoms with E-state index in [-0.39, 0.29) is 31.6 Å². The fraction of sp³-hybridized carbons (Fsp3) is 0.500. The van der Waals surface area contributed by atoms with E-state index >= 15 is 0 Å². The molecule has 1 heterocycles. The van der Waals surface area contributed by atoms with E-state index in [9.17, 15) is 34.2 Å². The van der Waals surface area contributed by atoms with Gasteiger partial charge in [0.1, 0.15) is 29.9 Å². The Labute approximate surface area is 200 Å². The molecule has 0 aliphatic carbocycles. The summed E-state index contributed by atoms with van der Waals surface area (Å²) in [4.78, 5) is 62.2. The number of phenolic OH excluding ortho intramolecular Hbond substituents is 1. The number of aliphatic hydroxyl groups excluding tert-OH is 1. The zero-order valence-electron chi connectivity index (χ0n) is 18.9. The van der Waals surface area contributed by atoms with Crippen molar-refractivity contribution in [2.75, 3.05) is 13.2 Å². The number of nitrogens with two attached hydrogens (primary N) is 1. The van der Waals surface area contributed by atoms with Gasteiger partial charge in [0.25, 0.3) is 0 Å². The molecule has 13 heteroatoms. The summed E-state index contributed by atoms with van der Waals surface area (Å²) >= 11 is 0. The lowest BCUT2D eigenvalue weighted by Crippen LogP contribution is -2.58. The number of aliphatic carboxylic acids is 2. The molecule has 35 heavy (non-hydrogen) atoms. The average Bonchev–Trinajstić information content (AvgIpc) is 3.31. The van der Waals surface area contributed by atoms with Crippen LogP contribution in [-0.4, -0.2) is 92.3 Å². The molecule has 0 saturated carbocycles. The Bertz CT molecular complexity index is 937. The maximum absolute atomic E-state index is 13.1. The number of phenols is 1. The number of rotatable bonds is 12. The van der Waals surface area contributed by atoms with Crippen molar-refractivity contribution in [2.45, 2.75) is 56.3 Å². The first-order valence-corrected chi connectivity index (χ1v) is 11.0. The van der Waals surface area contributed by atoms with Crippen molar-refractivity contribution in [1.82, 2.24) is 15.5 Å². The predicted octanol–water partition coefficient (Wildman–Crippen LogP) is -1.84. The molecule has 0 bridgehead atoms. The smallest absolute Gasteiger partial charge is 0.326 e. The first kappa shape index (κ1) is 27.5. The van der Waals surface area contributed by atoms with Crippen LogP contribution in [0.1, 0.15) is 31.2 Å². The van der Waals surface area contributed by atoms with E-state index in [1.807, 2.05) is 0 Å². The molecule has 4 unspecified atom stereocenters. The number of benzene rings is 1. The Morgan fingerprint density at radius 1 is 1.03 bits per heavy atom. The van der Waals surface area contributed by atoms with Gasteiger partial charge in [0, 0.05) is 19.4 Å². The molecular weight excluding hydrogens is 464 g/mol. The van der Waals surface area contributed by atoms with Gasteiger partial charge in [-0.25, -0.2) is 4.79 Å². The summed E-state index contributed by atoms with van der Waals surface area (Å²) in [6.07, 6.45) is -0.150. The molecule has 8 N–H and O–H groups in total. The fourth-order valence-corrected chi connectivity index (χ4v) is 3.72. The highest BCUT2D eigenvalue weighted by Gasteiger charge is 2.38. The number of amides is 3. The van der Waals surface area contributed by atoms with Crippen LogP contribution in [0.15, 0.2) is 24.3 Å². The van der Waals surface area contributed by atoms with Crippen molar-refractivity contribution in [1.29, 1.82) is 0 Å². The number of carboxylic acid groups (broad SMARTS) is 2. The van der Waals surface area contributed by atoms with Crippen molar-refractivity contribution in [2.24, 2.45) is 5.73 Å². The second-order valence-electron chi connectivity index (χ2n) is 8.24. The summed E-state index contributed by atoms with van der Waals surface area (Å²) in [5, 5.41) is 41.9. The number of carboxylic acids is 2. The number of carbonyl (C=O) groups excluding carboxylic acids is 3. The molecule has 3 amide bonds. The number of aliphatic hydroxyl groups is 1. The van der Waals surface area contributed by atoms with Gasteiger partial charge in [-0.05, 0) is 37.0 Å². The second-order valence-corrected chi connectivity index (χ2v) is 8.24. The average molecular weight is 495 g/mol. The van der Waals surface area contributed by atoms with Crippen LogP contribution in [0.5, 0.6) is 5.75 Å². The Kier molecular flexibility index (Phi) is 9.97. The lowest BCUT2D eigenvalue weighted by Gasteiger charge is -2.28. The Morgan fingerprint density at radius 2 is 1.66 bits per heavy atom. The number of carbonyl (C=O) groups is 5. The van der Waals surface area contributed by atoms with Crippen LogP contribution in [0, 0.1) is 0 Å². The van der Waals surface area contributed by atoms with Gasteiger partial charge in [-0.2, -0.15) is 0 Å². The van der Waals surface area contributed by atoms with Crippen LogP contribution < -0.4 is 16.4 Å². The Hall–Kier alpha value is -3.71. The first-order chi connectivity index (χ1) is 16.5. The fourth-order valence-electron chi connectivity index (χ4n) is 3.72. The highest BCUT2D eigenvalue weighted by molar-refractivity contribution is 5.94. The van der Waals surface area contributed by atoms with E-state index in [4.69, 9.17) is 15.9 Å². The summed E-state index contributed by atoms with van der Waals surface area (Å²) < 4.78 is 0. The number of hydrogen-bond donors (Lipinski definition) is 7. The predicted molar refractivity (Wildman–Crippen MR) is 120 cm³/mol. The number of aromatic hydroxyl groups is 1. The maximum atomic E-state index is 13.1. The minimum atomic E-state index is -1.34.